The quantitative estimate of drug-likeness (QED) is 0.410. The number of hydrogen-bond donors (Lipinski definition) is 1. The minimum Gasteiger partial charge on any atom is -0.330 e. The molecule has 1 aromatic carbocycles. The Morgan fingerprint density at radius 2 is 2.00 bits per heavy atom. The van der Waals surface area contributed by atoms with Gasteiger partial charge in [0.1, 0.15) is 0 Å². The molecule has 2 aliphatic heterocycles. The third kappa shape index (κ3) is 4.84. The summed E-state index contributed by atoms with van der Waals surface area (Å²) in [6, 6.07) is 9.35. The molecule has 0 fully saturated rings. The molecule has 0 radical (unpaired) electrons. The number of amides is 2. The predicted octanol–water partition coefficient (Wildman–Crippen LogP) is 6.01. The van der Waals surface area contributed by atoms with Crippen LogP contribution in [0.25, 0.3) is 16.8 Å². The van der Waals surface area contributed by atoms with E-state index in [1.165, 1.54) is 0 Å². The Balaban J connectivity index is 1.52. The summed E-state index contributed by atoms with van der Waals surface area (Å²) in [7, 11) is 1.85. The van der Waals surface area contributed by atoms with Gasteiger partial charge in [0.25, 0.3) is 0 Å². The van der Waals surface area contributed by atoms with E-state index < -0.39 is 0 Å². The molecule has 1 N–H and O–H groups in total. The number of halogens is 2. The van der Waals surface area contributed by atoms with E-state index in [4.69, 9.17) is 16.6 Å². The van der Waals surface area contributed by atoms with Crippen LogP contribution < -0.4 is 5.32 Å². The van der Waals surface area contributed by atoms with Gasteiger partial charge in [-0.25, -0.2) is 0 Å². The molecule has 36 heavy (non-hydrogen) atoms. The first-order valence-electron chi connectivity index (χ1n) is 12.1. The van der Waals surface area contributed by atoms with Gasteiger partial charge >= 0.3 is 0 Å². The number of rotatable bonds is 2. The third-order valence-electron chi connectivity index (χ3n) is 7.01. The third-order valence-corrected chi connectivity index (χ3v) is 7.93. The normalized spacial score (nSPS) is 20.7. The van der Waals surface area contributed by atoms with Crippen LogP contribution in [0.4, 0.5) is 5.69 Å². The van der Waals surface area contributed by atoms with E-state index in [0.29, 0.717) is 23.7 Å². The van der Waals surface area contributed by atoms with Crippen molar-refractivity contribution in [3.05, 3.63) is 69.6 Å². The molecule has 2 amide bonds. The Hall–Kier alpha value is -2.97. The van der Waals surface area contributed by atoms with Gasteiger partial charge in [-0.2, -0.15) is 5.10 Å². The second-order valence-electron chi connectivity index (χ2n) is 9.41. The van der Waals surface area contributed by atoms with Crippen LogP contribution >= 0.6 is 27.5 Å². The fraction of sp³-hybridized carbons (Fsp3) is 0.333. The van der Waals surface area contributed by atoms with E-state index in [-0.39, 0.29) is 23.8 Å². The number of nitrogens with one attached hydrogen (secondary N) is 1. The van der Waals surface area contributed by atoms with E-state index in [0.717, 1.165) is 51.8 Å². The van der Waals surface area contributed by atoms with Crippen LogP contribution in [0.5, 0.6) is 0 Å². The second kappa shape index (κ2) is 10.2. The highest BCUT2D eigenvalue weighted by molar-refractivity contribution is 9.10. The summed E-state index contributed by atoms with van der Waals surface area (Å²) < 4.78 is 2.67. The first kappa shape index (κ1) is 24.7. The lowest BCUT2D eigenvalue weighted by Gasteiger charge is -2.34. The van der Waals surface area contributed by atoms with Gasteiger partial charge in [-0.15, -0.1) is 0 Å². The van der Waals surface area contributed by atoms with Gasteiger partial charge < -0.3 is 10.2 Å². The Kier molecular flexibility index (Phi) is 6.99. The topological polar surface area (TPSA) is 80.1 Å². The maximum absolute atomic E-state index is 13.5. The number of benzene rings is 1. The average molecular weight is 569 g/mol. The number of fused-ring (bicyclic) bond motifs is 4. The number of anilines is 1. The smallest absolute Gasteiger partial charge is 0.247 e. The summed E-state index contributed by atoms with van der Waals surface area (Å²) in [6.45, 7) is 2.51. The minimum absolute atomic E-state index is 0.0237. The second-order valence-corrected chi connectivity index (χ2v) is 10.7. The van der Waals surface area contributed by atoms with Crippen molar-refractivity contribution < 1.29 is 9.59 Å². The van der Waals surface area contributed by atoms with Crippen LogP contribution in [0.3, 0.4) is 0 Å². The largest absolute Gasteiger partial charge is 0.330 e. The number of aryl methyl sites for hydroxylation is 1. The Morgan fingerprint density at radius 3 is 2.81 bits per heavy atom. The van der Waals surface area contributed by atoms with Crippen LogP contribution in [-0.2, 0) is 16.6 Å². The van der Waals surface area contributed by atoms with E-state index >= 15 is 0 Å². The van der Waals surface area contributed by atoms with Gasteiger partial charge in [0.2, 0.25) is 11.8 Å². The lowest BCUT2D eigenvalue weighted by Crippen LogP contribution is -2.38. The number of nitrogens with zero attached hydrogens (tertiary/aromatic N) is 4. The van der Waals surface area contributed by atoms with Crippen molar-refractivity contribution >= 4 is 50.6 Å². The zero-order valence-corrected chi connectivity index (χ0v) is 22.5. The summed E-state index contributed by atoms with van der Waals surface area (Å²) in [5.74, 6) is -0.225. The van der Waals surface area contributed by atoms with E-state index in [9.17, 15) is 9.59 Å². The zero-order valence-electron chi connectivity index (χ0n) is 20.2. The lowest BCUT2D eigenvalue weighted by molar-refractivity contribution is -0.129. The molecular weight excluding hydrogens is 542 g/mol. The van der Waals surface area contributed by atoms with Crippen LogP contribution in [0, 0.1) is 5.92 Å². The Morgan fingerprint density at radius 1 is 1.17 bits per heavy atom. The zero-order chi connectivity index (χ0) is 25.4. The van der Waals surface area contributed by atoms with E-state index in [1.807, 2.05) is 49.2 Å². The van der Waals surface area contributed by atoms with Gasteiger partial charge in [0.15, 0.2) is 0 Å². The Bertz CT molecular complexity index is 1370. The number of carbonyl (C=O) groups is 2. The molecule has 2 bridgehead atoms. The van der Waals surface area contributed by atoms with Crippen molar-refractivity contribution in [2.24, 2.45) is 13.0 Å². The average Bonchev–Trinajstić information content (AvgIpc) is 3.22. The number of carbonyl (C=O) groups excluding carboxylic acids is 2. The first-order valence-corrected chi connectivity index (χ1v) is 13.2. The summed E-state index contributed by atoms with van der Waals surface area (Å²) in [4.78, 5) is 32.9. The molecule has 5 rings (SSSR count). The van der Waals surface area contributed by atoms with Gasteiger partial charge in [0.05, 0.1) is 29.3 Å². The molecule has 3 aromatic rings. The van der Waals surface area contributed by atoms with Crippen LogP contribution in [0.2, 0.25) is 5.02 Å². The number of hydrogen-bond acceptors (Lipinski definition) is 4. The van der Waals surface area contributed by atoms with Crippen molar-refractivity contribution in [1.82, 2.24) is 19.7 Å². The van der Waals surface area contributed by atoms with Gasteiger partial charge in [-0.1, -0.05) is 40.9 Å². The fourth-order valence-electron chi connectivity index (χ4n) is 5.04. The molecule has 0 aliphatic carbocycles. The van der Waals surface area contributed by atoms with E-state index in [1.54, 1.807) is 23.2 Å². The number of pyridine rings is 1. The molecular formula is C27H27BrClN5O2. The molecule has 9 heteroatoms. The fourth-order valence-corrected chi connectivity index (χ4v) is 5.71. The molecule has 4 heterocycles. The molecule has 7 nitrogen and oxygen atoms in total. The monoisotopic (exact) mass is 567 g/mol. The maximum atomic E-state index is 13.5. The summed E-state index contributed by atoms with van der Waals surface area (Å²) in [5, 5.41) is 8.05. The van der Waals surface area contributed by atoms with Crippen LogP contribution in [-0.4, -0.2) is 38.0 Å². The molecule has 186 valence electrons. The molecule has 0 saturated heterocycles. The molecule has 2 atom stereocenters. The van der Waals surface area contributed by atoms with Crippen molar-refractivity contribution in [2.75, 3.05) is 11.9 Å². The summed E-state index contributed by atoms with van der Waals surface area (Å²) >= 11 is 9.81. The molecule has 2 unspecified atom stereocenters. The van der Waals surface area contributed by atoms with Crippen LogP contribution in [0.15, 0.2) is 53.3 Å². The van der Waals surface area contributed by atoms with Crippen molar-refractivity contribution in [2.45, 2.75) is 38.6 Å². The minimum atomic E-state index is -0.190. The maximum Gasteiger partial charge on any atom is 0.247 e. The highest BCUT2D eigenvalue weighted by Crippen LogP contribution is 2.37. The van der Waals surface area contributed by atoms with Gasteiger partial charge in [-0.05, 0) is 60.7 Å². The predicted molar refractivity (Wildman–Crippen MR) is 144 cm³/mol. The van der Waals surface area contributed by atoms with Crippen molar-refractivity contribution in [3.63, 3.8) is 0 Å². The highest BCUT2D eigenvalue weighted by atomic mass is 79.9. The SMILES string of the molecule is CC1CCCC(N2CCC(c3cc(Cl)ccc3Br)=CC2=O)c2cc(ccn2)-c2c(cnn2C)NC1=O. The Labute approximate surface area is 223 Å². The standard InChI is InChI=1S/C27H27BrClN5O2/c1-16-4-3-5-24(34-11-9-17(13-25(34)35)20-14-19(29)6-7-21(20)28)22-12-18(8-10-30-22)26-23(32-27(16)36)15-31-33(26)2/h6-8,10,12-16,24H,3-5,9,11H2,1-2H3,(H,32,36). The van der Waals surface area contributed by atoms with Crippen LogP contribution in [0.1, 0.15) is 49.9 Å². The lowest BCUT2D eigenvalue weighted by atomic mass is 9.93. The van der Waals surface area contributed by atoms with E-state index in [2.05, 4.69) is 26.3 Å². The van der Waals surface area contributed by atoms with Crippen molar-refractivity contribution in [1.29, 1.82) is 0 Å². The number of aromatic nitrogens is 3. The van der Waals surface area contributed by atoms with Gasteiger partial charge in [0, 0.05) is 46.8 Å². The summed E-state index contributed by atoms with van der Waals surface area (Å²) in [6.07, 6.45) is 8.12. The highest BCUT2D eigenvalue weighted by Gasteiger charge is 2.30. The molecule has 2 aromatic heterocycles. The first-order chi connectivity index (χ1) is 17.3. The molecule has 0 saturated carbocycles. The summed E-state index contributed by atoms with van der Waals surface area (Å²) in [5.41, 5.74) is 5.14. The van der Waals surface area contributed by atoms with Gasteiger partial charge in [-0.3, -0.25) is 19.3 Å². The molecule has 2 aliphatic rings. The molecule has 0 spiro atoms. The van der Waals surface area contributed by atoms with Crippen molar-refractivity contribution in [3.8, 4) is 11.3 Å².